The van der Waals surface area contributed by atoms with Crippen LogP contribution in [0.1, 0.15) is 138 Å². The molecule has 107 heavy (non-hydrogen) atoms. The number of likely N-dealkylation sites (N-methyl/N-ethyl adjacent to an activating group) is 2. The Hall–Kier alpha value is -8.10. The number of halogens is 2. The van der Waals surface area contributed by atoms with Gasteiger partial charge in [-0.15, -0.1) is 34.0 Å². The van der Waals surface area contributed by atoms with Gasteiger partial charge < -0.3 is 65.3 Å². The summed E-state index contributed by atoms with van der Waals surface area (Å²) in [6.45, 7) is 5.98. The van der Waals surface area contributed by atoms with Crippen LogP contribution in [0.25, 0.3) is 22.3 Å². The van der Waals surface area contributed by atoms with Gasteiger partial charge in [0.05, 0.1) is 164 Å². The Morgan fingerprint density at radius 2 is 0.664 bits per heavy atom. The zero-order valence-electron chi connectivity index (χ0n) is 65.7. The van der Waals surface area contributed by atoms with Crippen LogP contribution >= 0.6 is 34.0 Å². The van der Waals surface area contributed by atoms with Crippen molar-refractivity contribution in [1.82, 2.24) is 0 Å². The molecule has 12 rings (SSSR count). The maximum atomic E-state index is 13.2. The van der Waals surface area contributed by atoms with Crippen LogP contribution in [0, 0.1) is 0 Å². The molecule has 0 saturated heterocycles. The summed E-state index contributed by atoms with van der Waals surface area (Å²) >= 11 is 0. The van der Waals surface area contributed by atoms with E-state index in [9.17, 15) is 9.59 Å². The van der Waals surface area contributed by atoms with Gasteiger partial charge in [-0.1, -0.05) is 109 Å². The number of hydrogen-bond acceptors (Lipinski definition) is 12. The van der Waals surface area contributed by atoms with Gasteiger partial charge in [0.25, 0.3) is 0 Å². The second kappa shape index (κ2) is 37.3. The Morgan fingerprint density at radius 1 is 0.364 bits per heavy atom. The molecule has 2 heterocycles. The Labute approximate surface area is 657 Å². The largest absolute Gasteiger partial charge is 0.493 e. The summed E-state index contributed by atoms with van der Waals surface area (Å²) in [5, 5.41) is 0. The number of carbonyl (C=O) groups is 2. The number of esters is 2. The standard InChI is InChI=1S/C53H72N2O12.C36H42N2.2BrH/c1-54(22-18-38-32-48(62-7)50(64-9)34-40(38)42(54)28-36-14-16-44(58-3)46(30-36)60-5)24-20-52(56)66-26-12-11-13-27-67-53(57)21-25-55(2)23-19-39-33-49(63-8)51(65-10)35-41(39)43(55)29-37-15-17-45(59-4)47(31-37)61-6;1-37(2,35-31-21-11-7-17-27(31)28-18-8-12-22-32(28)35)25-15-5-6-16-26-38(3,4)36-33-23-13-9-19-29(33)30-20-10-14-24-34(30)36;;/h14-17,30-35,42-43H,11-13,18-29H2,1-10H3;7-14,17-24,35-36H,5-6,15-16,25-26H2,1-4H3;2*1H/q2*+2;;. The summed E-state index contributed by atoms with van der Waals surface area (Å²) < 4.78 is 59.9. The van der Waals surface area contributed by atoms with Crippen LogP contribution in [0.2, 0.25) is 0 Å². The van der Waals surface area contributed by atoms with E-state index < -0.39 is 0 Å². The molecule has 0 radical (unpaired) electrons. The van der Waals surface area contributed by atoms with Gasteiger partial charge in [0.2, 0.25) is 0 Å². The quantitative estimate of drug-likeness (QED) is 0.0221. The Morgan fingerprint density at radius 3 is 0.991 bits per heavy atom. The molecule has 0 amide bonds. The first kappa shape index (κ1) is 82.9. The van der Waals surface area contributed by atoms with E-state index in [2.05, 4.69) is 176 Å². The molecule has 4 unspecified atom stereocenters. The molecule has 4 atom stereocenters. The van der Waals surface area contributed by atoms with Gasteiger partial charge in [-0.3, -0.25) is 9.59 Å². The molecule has 2 aliphatic heterocycles. The van der Waals surface area contributed by atoms with Crippen molar-refractivity contribution in [2.24, 2.45) is 0 Å². The molecule has 18 heteroatoms. The number of hydrogen-bond donors (Lipinski definition) is 0. The van der Waals surface area contributed by atoms with Crippen LogP contribution in [0.3, 0.4) is 0 Å². The molecule has 0 fully saturated rings. The molecule has 0 N–H and O–H groups in total. The predicted octanol–water partition coefficient (Wildman–Crippen LogP) is 17.5. The maximum Gasteiger partial charge on any atom is 0.311 e. The first-order valence-corrected chi connectivity index (χ1v) is 37.7. The van der Waals surface area contributed by atoms with Crippen LogP contribution < -0.4 is 37.9 Å². The molecular formula is C89H116Br2N4O12+4. The molecule has 0 bridgehead atoms. The number of nitrogens with zero attached hydrogens (tertiary/aromatic N) is 4. The zero-order valence-corrected chi connectivity index (χ0v) is 69.1. The topological polar surface area (TPSA) is 126 Å². The summed E-state index contributed by atoms with van der Waals surface area (Å²) in [5.41, 5.74) is 18.7. The highest BCUT2D eigenvalue weighted by atomic mass is 79.9. The molecule has 574 valence electrons. The van der Waals surface area contributed by atoms with Gasteiger partial charge in [0.1, 0.15) is 24.2 Å². The Bertz CT molecular complexity index is 3960. The number of methoxy groups -OCH3 is 8. The monoisotopic (exact) mass is 1590 g/mol. The molecule has 2 aliphatic carbocycles. The van der Waals surface area contributed by atoms with Gasteiger partial charge in [0, 0.05) is 59.1 Å². The van der Waals surface area contributed by atoms with Crippen molar-refractivity contribution in [3.8, 4) is 68.2 Å². The normalized spacial score (nSPS) is 17.5. The summed E-state index contributed by atoms with van der Waals surface area (Å²) in [5.74, 6) is 5.06. The third-order valence-corrected chi connectivity index (χ3v) is 23.2. The molecular weight excluding hydrogens is 1480 g/mol. The van der Waals surface area contributed by atoms with Crippen molar-refractivity contribution in [3.63, 3.8) is 0 Å². The molecule has 0 spiro atoms. The van der Waals surface area contributed by atoms with E-state index >= 15 is 0 Å². The fraction of sp³-hybridized carbons (Fsp3) is 0.438. The number of fused-ring (bicyclic) bond motifs is 8. The molecule has 0 aromatic heterocycles. The highest BCUT2D eigenvalue weighted by Gasteiger charge is 2.44. The zero-order chi connectivity index (χ0) is 74.5. The number of carbonyl (C=O) groups excluding carboxylic acids is 2. The number of unbranched alkanes of at least 4 members (excludes halogenated alkanes) is 5. The lowest BCUT2D eigenvalue weighted by molar-refractivity contribution is -0.940. The first-order valence-electron chi connectivity index (χ1n) is 37.7. The summed E-state index contributed by atoms with van der Waals surface area (Å²) in [6.07, 6.45) is 11.0. The minimum absolute atomic E-state index is 0. The van der Waals surface area contributed by atoms with Crippen molar-refractivity contribution in [2.45, 2.75) is 108 Å². The fourth-order valence-electron chi connectivity index (χ4n) is 17.3. The van der Waals surface area contributed by atoms with Gasteiger partial charge in [-0.05, 0) is 138 Å². The Balaban J connectivity index is 0.000000279. The van der Waals surface area contributed by atoms with Gasteiger partial charge >= 0.3 is 11.9 Å². The van der Waals surface area contributed by atoms with Crippen molar-refractivity contribution in [2.75, 3.05) is 152 Å². The summed E-state index contributed by atoms with van der Waals surface area (Å²) in [6, 6.07) is 57.5. The van der Waals surface area contributed by atoms with Crippen molar-refractivity contribution in [3.05, 3.63) is 213 Å². The van der Waals surface area contributed by atoms with Crippen LogP contribution in [-0.2, 0) is 44.7 Å². The smallest absolute Gasteiger partial charge is 0.311 e. The number of benzene rings is 8. The van der Waals surface area contributed by atoms with E-state index in [1.807, 2.05) is 24.3 Å². The molecule has 16 nitrogen and oxygen atoms in total. The van der Waals surface area contributed by atoms with E-state index in [0.29, 0.717) is 119 Å². The third-order valence-electron chi connectivity index (χ3n) is 23.2. The highest BCUT2D eigenvalue weighted by Crippen LogP contribution is 2.51. The van der Waals surface area contributed by atoms with Crippen molar-refractivity contribution >= 4 is 45.9 Å². The van der Waals surface area contributed by atoms with Gasteiger partial charge in [0.15, 0.2) is 46.0 Å². The average molecular weight is 1590 g/mol. The minimum Gasteiger partial charge on any atom is -0.493 e. The summed E-state index contributed by atoms with van der Waals surface area (Å²) in [4.78, 5) is 26.4. The lowest BCUT2D eigenvalue weighted by Crippen LogP contribution is -2.53. The van der Waals surface area contributed by atoms with Crippen LogP contribution in [0.5, 0.6) is 46.0 Å². The van der Waals surface area contributed by atoms with Gasteiger partial charge in [-0.25, -0.2) is 0 Å². The SMILES string of the molecule is Br.Br.COc1ccc(CC2c3cc(OC)c(OC)cc3CC[N+]2(C)CCC(=O)OCCCCCOC(=O)CC[N+]2(C)CCc3cc(OC)c(OC)cc3C2Cc2ccc(OC)c(OC)c2)cc1OC.C[N+](C)(CCCCCC[N+](C)(C)C1c2ccccc2-c2ccccc21)C1c2ccccc2-c2ccccc21. The lowest BCUT2D eigenvalue weighted by Gasteiger charge is -2.46. The van der Waals surface area contributed by atoms with E-state index in [1.54, 1.807) is 56.9 Å². The Kier molecular flexibility index (Phi) is 28.9. The summed E-state index contributed by atoms with van der Waals surface area (Å²) in [7, 11) is 27.3. The third kappa shape index (κ3) is 18.8. The van der Waals surface area contributed by atoms with Crippen molar-refractivity contribution in [1.29, 1.82) is 0 Å². The number of quaternary nitrogens is 4. The average Bonchev–Trinajstić information content (AvgIpc) is 1.75. The van der Waals surface area contributed by atoms with E-state index in [4.69, 9.17) is 47.4 Å². The second-order valence-corrected chi connectivity index (χ2v) is 30.6. The first-order chi connectivity index (χ1) is 50.7. The minimum atomic E-state index is -0.215. The van der Waals surface area contributed by atoms with Crippen LogP contribution in [0.15, 0.2) is 158 Å². The molecule has 8 aromatic rings. The van der Waals surface area contributed by atoms with Gasteiger partial charge in [-0.2, -0.15) is 0 Å². The van der Waals surface area contributed by atoms with Crippen LogP contribution in [-0.4, -0.2) is 182 Å². The predicted molar refractivity (Wildman–Crippen MR) is 436 cm³/mol. The van der Waals surface area contributed by atoms with E-state index in [1.165, 1.54) is 106 Å². The van der Waals surface area contributed by atoms with Crippen LogP contribution in [0.4, 0.5) is 0 Å². The van der Waals surface area contributed by atoms with Crippen molar-refractivity contribution < 1.29 is 74.9 Å². The lowest BCUT2D eigenvalue weighted by atomic mass is 9.86. The fourth-order valence-corrected chi connectivity index (χ4v) is 17.3. The molecule has 4 aliphatic rings. The second-order valence-electron chi connectivity index (χ2n) is 30.6. The number of ether oxygens (including phenoxy) is 10. The maximum absolute atomic E-state index is 13.2. The van der Waals surface area contributed by atoms with E-state index in [0.717, 1.165) is 65.3 Å². The molecule has 8 aromatic carbocycles. The van der Waals surface area contributed by atoms with E-state index in [-0.39, 0.29) is 58.0 Å². The molecule has 0 saturated carbocycles. The number of rotatable bonds is 33. The highest BCUT2D eigenvalue weighted by molar-refractivity contribution is 8.93.